The van der Waals surface area contributed by atoms with Crippen molar-refractivity contribution in [1.82, 2.24) is 9.55 Å². The summed E-state index contributed by atoms with van der Waals surface area (Å²) in [7, 11) is 1.67. The highest BCUT2D eigenvalue weighted by atomic mass is 16.5. The summed E-state index contributed by atoms with van der Waals surface area (Å²) in [6.07, 6.45) is 5.91. The molecule has 4 nitrogen and oxygen atoms in total. The van der Waals surface area contributed by atoms with Crippen molar-refractivity contribution in [2.45, 2.75) is 38.8 Å². The van der Waals surface area contributed by atoms with Crippen LogP contribution in [0.3, 0.4) is 0 Å². The zero-order valence-corrected chi connectivity index (χ0v) is 12.4. The molecule has 0 radical (unpaired) electrons. The van der Waals surface area contributed by atoms with E-state index in [1.165, 1.54) is 5.56 Å². The number of hydrogen-bond acceptors (Lipinski definition) is 3. The van der Waals surface area contributed by atoms with E-state index in [0.717, 1.165) is 24.4 Å². The molecule has 0 aliphatic carbocycles. The zero-order valence-electron chi connectivity index (χ0n) is 12.4. The molecule has 2 rings (SSSR count). The van der Waals surface area contributed by atoms with Gasteiger partial charge in [0.05, 0.1) is 13.2 Å². The summed E-state index contributed by atoms with van der Waals surface area (Å²) < 4.78 is 7.40. The average molecular weight is 273 g/mol. The molecule has 20 heavy (non-hydrogen) atoms. The molecule has 1 aromatic carbocycles. The van der Waals surface area contributed by atoms with Gasteiger partial charge in [-0.2, -0.15) is 0 Å². The van der Waals surface area contributed by atoms with Crippen LogP contribution in [0.2, 0.25) is 0 Å². The molecular weight excluding hydrogens is 250 g/mol. The molecule has 108 valence electrons. The van der Waals surface area contributed by atoms with E-state index in [4.69, 9.17) is 10.5 Å². The zero-order chi connectivity index (χ0) is 14.5. The monoisotopic (exact) mass is 273 g/mol. The van der Waals surface area contributed by atoms with E-state index in [2.05, 4.69) is 28.6 Å². The molecule has 4 heteroatoms. The van der Waals surface area contributed by atoms with Crippen molar-refractivity contribution in [1.29, 1.82) is 0 Å². The number of benzene rings is 1. The Morgan fingerprint density at radius 2 is 2.00 bits per heavy atom. The number of rotatable bonds is 6. The molecule has 1 heterocycles. The predicted octanol–water partition coefficient (Wildman–Crippen LogP) is 2.78. The van der Waals surface area contributed by atoms with E-state index in [9.17, 15) is 0 Å². The first-order valence-electron chi connectivity index (χ1n) is 7.08. The van der Waals surface area contributed by atoms with E-state index in [1.54, 1.807) is 7.11 Å². The van der Waals surface area contributed by atoms with Crippen molar-refractivity contribution in [3.8, 4) is 5.75 Å². The van der Waals surface area contributed by atoms with Crippen LogP contribution in [0, 0.1) is 0 Å². The molecule has 0 spiro atoms. The third-order valence-electron chi connectivity index (χ3n) is 3.48. The number of aryl methyl sites for hydroxylation is 1. The Balaban J connectivity index is 2.37. The summed E-state index contributed by atoms with van der Waals surface area (Å²) in [5.41, 5.74) is 7.39. The van der Waals surface area contributed by atoms with Crippen LogP contribution in [0.1, 0.15) is 37.7 Å². The van der Waals surface area contributed by atoms with E-state index in [-0.39, 0.29) is 12.1 Å². The fraction of sp³-hybridized carbons (Fsp3) is 0.438. The van der Waals surface area contributed by atoms with Crippen LogP contribution >= 0.6 is 0 Å². The maximum Gasteiger partial charge on any atom is 0.118 e. The Bertz CT molecular complexity index is 531. The third kappa shape index (κ3) is 3.02. The highest BCUT2D eigenvalue weighted by Gasteiger charge is 2.20. The van der Waals surface area contributed by atoms with Crippen molar-refractivity contribution in [2.75, 3.05) is 7.11 Å². The second-order valence-corrected chi connectivity index (χ2v) is 5.08. The van der Waals surface area contributed by atoms with Gasteiger partial charge in [0.15, 0.2) is 0 Å². The van der Waals surface area contributed by atoms with Gasteiger partial charge in [-0.05, 0) is 31.0 Å². The van der Waals surface area contributed by atoms with Gasteiger partial charge in [0, 0.05) is 24.9 Å². The van der Waals surface area contributed by atoms with Crippen LogP contribution in [0.5, 0.6) is 5.75 Å². The number of nitrogens with zero attached hydrogens (tertiary/aromatic N) is 2. The highest BCUT2D eigenvalue weighted by molar-refractivity contribution is 5.30. The smallest absolute Gasteiger partial charge is 0.118 e. The first-order valence-corrected chi connectivity index (χ1v) is 7.08. The summed E-state index contributed by atoms with van der Waals surface area (Å²) >= 11 is 0. The van der Waals surface area contributed by atoms with Crippen LogP contribution < -0.4 is 10.5 Å². The van der Waals surface area contributed by atoms with E-state index >= 15 is 0 Å². The Morgan fingerprint density at radius 3 is 2.55 bits per heavy atom. The second-order valence-electron chi connectivity index (χ2n) is 5.08. The van der Waals surface area contributed by atoms with Crippen molar-refractivity contribution < 1.29 is 4.74 Å². The summed E-state index contributed by atoms with van der Waals surface area (Å²) in [6, 6.07) is 8.20. The van der Waals surface area contributed by atoms with Crippen molar-refractivity contribution in [3.05, 3.63) is 48.0 Å². The van der Waals surface area contributed by atoms with Gasteiger partial charge in [0.25, 0.3) is 0 Å². The summed E-state index contributed by atoms with van der Waals surface area (Å²) in [4.78, 5) is 4.45. The van der Waals surface area contributed by atoms with E-state index in [0.29, 0.717) is 0 Å². The van der Waals surface area contributed by atoms with Crippen molar-refractivity contribution in [2.24, 2.45) is 5.73 Å². The SMILES string of the molecule is CCCc1nccn1C(c1ccc(OC)cc1)C(C)N. The van der Waals surface area contributed by atoms with Crippen LogP contribution in [0.4, 0.5) is 0 Å². The van der Waals surface area contributed by atoms with E-state index < -0.39 is 0 Å². The number of imidazole rings is 1. The van der Waals surface area contributed by atoms with Crippen LogP contribution in [-0.4, -0.2) is 22.7 Å². The second kappa shape index (κ2) is 6.57. The van der Waals surface area contributed by atoms with Crippen LogP contribution in [-0.2, 0) is 6.42 Å². The molecular formula is C16H23N3O. The standard InChI is InChI=1S/C16H23N3O/c1-4-5-15-18-10-11-19(15)16(12(2)17)13-6-8-14(20-3)9-7-13/h6-12,16H,4-5,17H2,1-3H3. The minimum Gasteiger partial charge on any atom is -0.497 e. The number of aromatic nitrogens is 2. The minimum atomic E-state index is 0.00759. The lowest BCUT2D eigenvalue weighted by molar-refractivity contribution is 0.413. The van der Waals surface area contributed by atoms with Crippen molar-refractivity contribution >= 4 is 0 Å². The van der Waals surface area contributed by atoms with Gasteiger partial charge in [-0.15, -0.1) is 0 Å². The lowest BCUT2D eigenvalue weighted by Crippen LogP contribution is -2.31. The largest absolute Gasteiger partial charge is 0.497 e. The fourth-order valence-electron chi connectivity index (χ4n) is 2.53. The number of hydrogen-bond donors (Lipinski definition) is 1. The highest BCUT2D eigenvalue weighted by Crippen LogP contribution is 2.25. The Morgan fingerprint density at radius 1 is 1.30 bits per heavy atom. The lowest BCUT2D eigenvalue weighted by Gasteiger charge is -2.25. The molecule has 0 bridgehead atoms. The molecule has 2 aromatic rings. The molecule has 0 saturated carbocycles. The van der Waals surface area contributed by atoms with Gasteiger partial charge in [-0.25, -0.2) is 4.98 Å². The molecule has 0 amide bonds. The summed E-state index contributed by atoms with van der Waals surface area (Å²) in [5.74, 6) is 1.95. The maximum atomic E-state index is 6.22. The molecule has 0 saturated heterocycles. The first-order chi connectivity index (χ1) is 9.67. The minimum absolute atomic E-state index is 0.00759. The fourth-order valence-corrected chi connectivity index (χ4v) is 2.53. The number of nitrogens with two attached hydrogens (primary N) is 1. The molecule has 2 N–H and O–H groups in total. The van der Waals surface area contributed by atoms with Gasteiger partial charge in [0.2, 0.25) is 0 Å². The Hall–Kier alpha value is -1.81. The first kappa shape index (κ1) is 14.6. The topological polar surface area (TPSA) is 53.1 Å². The van der Waals surface area contributed by atoms with Gasteiger partial charge in [-0.3, -0.25) is 0 Å². The Labute approximate surface area is 120 Å². The number of ether oxygens (including phenoxy) is 1. The maximum absolute atomic E-state index is 6.22. The van der Waals surface area contributed by atoms with Crippen LogP contribution in [0.15, 0.2) is 36.7 Å². The average Bonchev–Trinajstić information content (AvgIpc) is 2.88. The molecule has 1 aromatic heterocycles. The lowest BCUT2D eigenvalue weighted by atomic mass is 10.0. The van der Waals surface area contributed by atoms with Gasteiger partial charge in [-0.1, -0.05) is 19.1 Å². The normalized spacial score (nSPS) is 14.0. The van der Waals surface area contributed by atoms with E-state index in [1.807, 2.05) is 31.5 Å². The Kier molecular flexibility index (Phi) is 4.79. The molecule has 0 aliphatic rings. The molecule has 2 unspecified atom stereocenters. The predicted molar refractivity (Wildman–Crippen MR) is 81.0 cm³/mol. The van der Waals surface area contributed by atoms with Crippen LogP contribution in [0.25, 0.3) is 0 Å². The van der Waals surface area contributed by atoms with Gasteiger partial charge in [0.1, 0.15) is 11.6 Å². The third-order valence-corrected chi connectivity index (χ3v) is 3.48. The van der Waals surface area contributed by atoms with Gasteiger partial charge < -0.3 is 15.0 Å². The molecule has 2 atom stereocenters. The molecule has 0 fully saturated rings. The summed E-state index contributed by atoms with van der Waals surface area (Å²) in [6.45, 7) is 4.19. The quantitative estimate of drug-likeness (QED) is 0.880. The number of methoxy groups -OCH3 is 1. The van der Waals surface area contributed by atoms with Crippen molar-refractivity contribution in [3.63, 3.8) is 0 Å². The van der Waals surface area contributed by atoms with Gasteiger partial charge >= 0.3 is 0 Å². The summed E-state index contributed by atoms with van der Waals surface area (Å²) in [5, 5.41) is 0. The molecule has 0 aliphatic heterocycles.